The molecule has 0 saturated carbocycles. The summed E-state index contributed by atoms with van der Waals surface area (Å²) in [5.74, 6) is -2.39. The van der Waals surface area contributed by atoms with E-state index in [9.17, 15) is 19.5 Å². The van der Waals surface area contributed by atoms with Gasteiger partial charge in [0.15, 0.2) is 5.78 Å². The summed E-state index contributed by atoms with van der Waals surface area (Å²) < 4.78 is 0. The zero-order valence-electron chi connectivity index (χ0n) is 21.2. The van der Waals surface area contributed by atoms with Gasteiger partial charge in [0, 0.05) is 37.7 Å². The van der Waals surface area contributed by atoms with Crippen molar-refractivity contribution < 1.29 is 19.5 Å². The van der Waals surface area contributed by atoms with Crippen molar-refractivity contribution >= 4 is 46.7 Å². The molecule has 0 radical (unpaired) electrons. The lowest BCUT2D eigenvalue weighted by atomic mass is 9.90. The number of carboxylic acids is 1. The summed E-state index contributed by atoms with van der Waals surface area (Å²) in [4.78, 5) is 39.6. The van der Waals surface area contributed by atoms with Crippen LogP contribution in [0.4, 0.5) is 10.5 Å². The number of hydrogen-bond donors (Lipinski definition) is 3. The number of aliphatic carboxylic acids is 1. The molecule has 2 amide bonds. The van der Waals surface area contributed by atoms with Crippen LogP contribution in [0.15, 0.2) is 66.7 Å². The van der Waals surface area contributed by atoms with E-state index in [1.165, 1.54) is 11.1 Å². The summed E-state index contributed by atoms with van der Waals surface area (Å²) in [5.41, 5.74) is 4.45. The number of hydrogen-bond acceptors (Lipinski definition) is 4. The number of ketones is 1. The number of amides is 2. The Balaban J connectivity index is 1.17. The van der Waals surface area contributed by atoms with Gasteiger partial charge in [-0.15, -0.1) is 0 Å². The minimum atomic E-state index is -1.19. The molecule has 3 N–H and O–H groups in total. The summed E-state index contributed by atoms with van der Waals surface area (Å²) in [6.07, 6.45) is 1.31. The largest absolute Gasteiger partial charge is 0.481 e. The summed E-state index contributed by atoms with van der Waals surface area (Å²) in [7, 11) is 0. The Hall–Kier alpha value is -3.55. The van der Waals surface area contributed by atoms with E-state index in [4.69, 9.17) is 23.2 Å². The maximum absolute atomic E-state index is 13.1. The van der Waals surface area contributed by atoms with Gasteiger partial charge in [-0.1, -0.05) is 77.8 Å². The van der Waals surface area contributed by atoms with Crippen LogP contribution in [0.3, 0.4) is 0 Å². The number of aryl methyl sites for hydroxylation is 1. The second-order valence-corrected chi connectivity index (χ2v) is 10.9. The predicted octanol–water partition coefficient (Wildman–Crippen LogP) is 5.86. The summed E-state index contributed by atoms with van der Waals surface area (Å²) in [6, 6.07) is 20.9. The third kappa shape index (κ3) is 6.05. The summed E-state index contributed by atoms with van der Waals surface area (Å²) in [6.45, 7) is 1.42. The molecule has 0 unspecified atom stereocenters. The highest BCUT2D eigenvalue weighted by atomic mass is 35.5. The predicted molar refractivity (Wildman–Crippen MR) is 152 cm³/mol. The number of benzene rings is 3. The fraction of sp³-hybridized carbons (Fsp3) is 0.300. The molecule has 1 aliphatic carbocycles. The van der Waals surface area contributed by atoms with Gasteiger partial charge in [0.25, 0.3) is 0 Å². The van der Waals surface area contributed by atoms with Crippen molar-refractivity contribution in [3.8, 4) is 0 Å². The van der Waals surface area contributed by atoms with Crippen molar-refractivity contribution in [2.75, 3.05) is 24.5 Å². The van der Waals surface area contributed by atoms with Crippen LogP contribution in [0.1, 0.15) is 51.8 Å². The molecule has 1 saturated heterocycles. The van der Waals surface area contributed by atoms with Crippen LogP contribution in [0.25, 0.3) is 0 Å². The van der Waals surface area contributed by atoms with Gasteiger partial charge in [0.1, 0.15) is 0 Å². The van der Waals surface area contributed by atoms with Crippen LogP contribution in [0.5, 0.6) is 0 Å². The van der Waals surface area contributed by atoms with Crippen molar-refractivity contribution in [2.24, 2.45) is 5.92 Å². The number of carbonyl (C=O) groups is 3. The highest BCUT2D eigenvalue weighted by molar-refractivity contribution is 6.40. The van der Waals surface area contributed by atoms with Crippen LogP contribution in [-0.2, 0) is 11.2 Å². The Morgan fingerprint density at radius 3 is 2.33 bits per heavy atom. The molecule has 9 heteroatoms. The van der Waals surface area contributed by atoms with Gasteiger partial charge in [0.05, 0.1) is 27.6 Å². The van der Waals surface area contributed by atoms with Gasteiger partial charge in [-0.3, -0.25) is 9.59 Å². The number of fused-ring (bicyclic) bond motifs is 1. The smallest absolute Gasteiger partial charge is 0.315 e. The van der Waals surface area contributed by atoms with Gasteiger partial charge < -0.3 is 20.6 Å². The first kappa shape index (κ1) is 27.0. The van der Waals surface area contributed by atoms with E-state index in [0.29, 0.717) is 5.92 Å². The third-order valence-electron chi connectivity index (χ3n) is 7.55. The van der Waals surface area contributed by atoms with E-state index in [1.54, 1.807) is 12.1 Å². The molecule has 0 aromatic heterocycles. The van der Waals surface area contributed by atoms with E-state index in [0.717, 1.165) is 37.2 Å². The SMILES string of the molecule is O=C(NC[C@H](CC(=O)c1c(Cl)cc(N2CC(c3ccccc3)C2)cc1Cl)C(=O)O)N[C@@H]1CCc2ccccc21. The molecule has 2 atom stereocenters. The zero-order valence-corrected chi connectivity index (χ0v) is 22.7. The monoisotopic (exact) mass is 565 g/mol. The molecule has 3 aromatic carbocycles. The average molecular weight is 566 g/mol. The van der Waals surface area contributed by atoms with Crippen LogP contribution < -0.4 is 15.5 Å². The Kier molecular flexibility index (Phi) is 8.10. The number of carboxylic acid groups (broad SMARTS) is 1. The fourth-order valence-electron chi connectivity index (χ4n) is 5.34. The van der Waals surface area contributed by atoms with Crippen molar-refractivity contribution in [3.05, 3.63) is 99.0 Å². The molecule has 0 bridgehead atoms. The number of halogens is 2. The van der Waals surface area contributed by atoms with Crippen LogP contribution in [0, 0.1) is 5.92 Å². The topological polar surface area (TPSA) is 98.7 Å². The number of nitrogens with one attached hydrogen (secondary N) is 2. The first-order valence-corrected chi connectivity index (χ1v) is 13.7. The number of carbonyl (C=O) groups excluding carboxylic acids is 2. The standard InChI is InChI=1S/C30H29Cl2N3O4/c31-24-13-22(35-16-21(17-35)18-6-2-1-3-7-18)14-25(32)28(24)27(36)12-20(29(37)38)15-33-30(39)34-26-11-10-19-8-4-5-9-23(19)26/h1-9,13-14,20-21,26H,10-12,15-17H2,(H,37,38)(H2,33,34,39)/t20-,26+/m0/s1. The Labute approximate surface area is 237 Å². The van der Waals surface area contributed by atoms with E-state index in [-0.39, 0.29) is 34.6 Å². The van der Waals surface area contributed by atoms with E-state index >= 15 is 0 Å². The number of nitrogens with zero attached hydrogens (tertiary/aromatic N) is 1. The summed E-state index contributed by atoms with van der Waals surface area (Å²) >= 11 is 13.0. The Morgan fingerprint density at radius 2 is 1.64 bits per heavy atom. The molecular weight excluding hydrogens is 537 g/mol. The number of urea groups is 1. The highest BCUT2D eigenvalue weighted by Gasteiger charge is 2.31. The molecule has 3 aromatic rings. The molecule has 1 fully saturated rings. The van der Waals surface area contributed by atoms with Crippen molar-refractivity contribution in [2.45, 2.75) is 31.2 Å². The maximum Gasteiger partial charge on any atom is 0.315 e. The number of rotatable bonds is 9. The molecule has 1 aliphatic heterocycles. The van der Waals surface area contributed by atoms with Gasteiger partial charge >= 0.3 is 12.0 Å². The minimum Gasteiger partial charge on any atom is -0.481 e. The molecule has 202 valence electrons. The lowest BCUT2D eigenvalue weighted by molar-refractivity contribution is -0.141. The van der Waals surface area contributed by atoms with Crippen molar-refractivity contribution in [1.29, 1.82) is 0 Å². The minimum absolute atomic E-state index is 0.0977. The van der Waals surface area contributed by atoms with Crippen molar-refractivity contribution in [1.82, 2.24) is 10.6 Å². The fourth-order valence-corrected chi connectivity index (χ4v) is 6.03. The molecule has 39 heavy (non-hydrogen) atoms. The molecule has 5 rings (SSSR count). The molecular formula is C30H29Cl2N3O4. The van der Waals surface area contributed by atoms with Crippen LogP contribution in [0.2, 0.25) is 10.0 Å². The van der Waals surface area contributed by atoms with Gasteiger partial charge in [-0.25, -0.2) is 4.79 Å². The Bertz CT molecular complexity index is 1370. The second kappa shape index (κ2) is 11.7. The quantitative estimate of drug-likeness (QED) is 0.282. The lowest BCUT2D eigenvalue weighted by Gasteiger charge is -2.41. The van der Waals surface area contributed by atoms with Crippen molar-refractivity contribution in [3.63, 3.8) is 0 Å². The van der Waals surface area contributed by atoms with E-state index in [1.807, 2.05) is 42.5 Å². The first-order chi connectivity index (χ1) is 18.8. The first-order valence-electron chi connectivity index (χ1n) is 13.0. The van der Waals surface area contributed by atoms with Crippen LogP contribution in [-0.4, -0.2) is 42.5 Å². The number of Topliss-reactive ketones (excluding diaryl/α,β-unsaturated/α-hetero) is 1. The highest BCUT2D eigenvalue weighted by Crippen LogP contribution is 2.37. The molecule has 2 aliphatic rings. The maximum atomic E-state index is 13.1. The lowest BCUT2D eigenvalue weighted by Crippen LogP contribution is -2.45. The van der Waals surface area contributed by atoms with E-state index < -0.39 is 23.7 Å². The summed E-state index contributed by atoms with van der Waals surface area (Å²) in [5, 5.41) is 15.6. The van der Waals surface area contributed by atoms with Crippen LogP contribution >= 0.6 is 23.2 Å². The normalized spacial score (nSPS) is 17.2. The number of anilines is 1. The average Bonchev–Trinajstić information content (AvgIpc) is 3.28. The Morgan fingerprint density at radius 1 is 0.974 bits per heavy atom. The molecule has 7 nitrogen and oxygen atoms in total. The zero-order chi connectivity index (χ0) is 27.5. The molecule has 1 heterocycles. The third-order valence-corrected chi connectivity index (χ3v) is 8.15. The molecule has 0 spiro atoms. The van der Waals surface area contributed by atoms with Gasteiger partial charge in [-0.05, 0) is 41.7 Å². The second-order valence-electron chi connectivity index (χ2n) is 10.1. The van der Waals surface area contributed by atoms with Gasteiger partial charge in [-0.2, -0.15) is 0 Å². The van der Waals surface area contributed by atoms with E-state index in [2.05, 4.69) is 27.7 Å². The van der Waals surface area contributed by atoms with Gasteiger partial charge in [0.2, 0.25) is 0 Å².